The molecular weight excluding hydrogens is 292 g/mol. The number of carbonyl (C=O) groups excluding carboxylic acids is 2. The van der Waals surface area contributed by atoms with Crippen LogP contribution in [-0.2, 0) is 16.1 Å². The van der Waals surface area contributed by atoms with Crippen molar-refractivity contribution in [2.75, 3.05) is 13.1 Å². The van der Waals surface area contributed by atoms with Crippen molar-refractivity contribution in [2.45, 2.75) is 64.6 Å². The summed E-state index contributed by atoms with van der Waals surface area (Å²) in [7, 11) is 0. The molecule has 3 heterocycles. The van der Waals surface area contributed by atoms with Crippen LogP contribution in [0.3, 0.4) is 0 Å². The molecule has 1 aromatic heterocycles. The van der Waals surface area contributed by atoms with Gasteiger partial charge in [0.05, 0.1) is 18.8 Å². The first-order chi connectivity index (χ1) is 11.1. The van der Waals surface area contributed by atoms with Crippen molar-refractivity contribution in [3.63, 3.8) is 0 Å². The fourth-order valence-electron chi connectivity index (χ4n) is 3.85. The molecule has 0 radical (unpaired) electrons. The Morgan fingerprint density at radius 2 is 1.96 bits per heavy atom. The minimum Gasteiger partial charge on any atom is -0.336 e. The molecule has 2 saturated heterocycles. The summed E-state index contributed by atoms with van der Waals surface area (Å²) < 4.78 is 1.93. The zero-order valence-corrected chi connectivity index (χ0v) is 14.1. The number of likely N-dealkylation sites (tertiary alicyclic amines) is 2. The molecular formula is C17H26N4O2. The monoisotopic (exact) mass is 318 g/mol. The van der Waals surface area contributed by atoms with Gasteiger partial charge in [-0.25, -0.2) is 0 Å². The largest absolute Gasteiger partial charge is 0.336 e. The second-order valence-electron chi connectivity index (χ2n) is 6.79. The molecule has 0 saturated carbocycles. The highest BCUT2D eigenvalue weighted by Gasteiger charge is 2.38. The molecule has 2 atom stereocenters. The molecule has 6 heteroatoms. The number of aryl methyl sites for hydroxylation is 1. The number of rotatable bonds is 3. The van der Waals surface area contributed by atoms with Crippen molar-refractivity contribution >= 4 is 11.8 Å². The molecule has 0 N–H and O–H groups in total. The first kappa shape index (κ1) is 16.0. The Balaban J connectivity index is 1.72. The lowest BCUT2D eigenvalue weighted by atomic mass is 10.00. The van der Waals surface area contributed by atoms with E-state index in [4.69, 9.17) is 0 Å². The molecule has 0 aliphatic carbocycles. The smallest absolute Gasteiger partial charge is 0.245 e. The minimum absolute atomic E-state index is 0.0112. The summed E-state index contributed by atoms with van der Waals surface area (Å²) in [6.07, 6.45) is 8.80. The third-order valence-corrected chi connectivity index (χ3v) is 5.01. The molecule has 126 valence electrons. The molecule has 0 unspecified atom stereocenters. The Morgan fingerprint density at radius 1 is 1.17 bits per heavy atom. The summed E-state index contributed by atoms with van der Waals surface area (Å²) in [4.78, 5) is 28.5. The van der Waals surface area contributed by atoms with Gasteiger partial charge in [0.1, 0.15) is 6.04 Å². The second-order valence-corrected chi connectivity index (χ2v) is 6.79. The number of hydrogen-bond donors (Lipinski definition) is 0. The van der Waals surface area contributed by atoms with Crippen LogP contribution in [0.5, 0.6) is 0 Å². The lowest BCUT2D eigenvalue weighted by Gasteiger charge is -2.38. The molecule has 2 aliphatic heterocycles. The van der Waals surface area contributed by atoms with E-state index in [9.17, 15) is 9.59 Å². The quantitative estimate of drug-likeness (QED) is 0.850. The van der Waals surface area contributed by atoms with Crippen LogP contribution in [-0.4, -0.2) is 56.6 Å². The number of amides is 2. The first-order valence-corrected chi connectivity index (χ1v) is 8.63. The van der Waals surface area contributed by atoms with Gasteiger partial charge in [0.2, 0.25) is 11.8 Å². The summed E-state index contributed by atoms with van der Waals surface area (Å²) in [5.41, 5.74) is 1.14. The highest BCUT2D eigenvalue weighted by Crippen LogP contribution is 2.25. The highest BCUT2D eigenvalue weighted by molar-refractivity contribution is 5.87. The highest BCUT2D eigenvalue weighted by atomic mass is 16.2. The van der Waals surface area contributed by atoms with Crippen LogP contribution in [0.25, 0.3) is 0 Å². The Labute approximate surface area is 137 Å². The predicted molar refractivity (Wildman–Crippen MR) is 86.7 cm³/mol. The van der Waals surface area contributed by atoms with Gasteiger partial charge in [0.25, 0.3) is 0 Å². The van der Waals surface area contributed by atoms with E-state index in [2.05, 4.69) is 5.10 Å². The summed E-state index contributed by atoms with van der Waals surface area (Å²) in [6.45, 7) is 5.84. The van der Waals surface area contributed by atoms with Crippen LogP contribution < -0.4 is 0 Å². The van der Waals surface area contributed by atoms with Gasteiger partial charge < -0.3 is 9.80 Å². The SMILES string of the molecule is CC(=O)N1CCC[C@H]1C(=O)N1CCCC[C@H]1Cn1cc(C)cn1. The van der Waals surface area contributed by atoms with Gasteiger partial charge in [-0.1, -0.05) is 0 Å². The fraction of sp³-hybridized carbons (Fsp3) is 0.706. The Kier molecular flexibility index (Phi) is 4.68. The van der Waals surface area contributed by atoms with E-state index in [-0.39, 0.29) is 23.9 Å². The van der Waals surface area contributed by atoms with Crippen molar-refractivity contribution in [3.05, 3.63) is 18.0 Å². The van der Waals surface area contributed by atoms with Crippen LogP contribution >= 0.6 is 0 Å². The molecule has 23 heavy (non-hydrogen) atoms. The van der Waals surface area contributed by atoms with E-state index in [0.717, 1.165) is 50.8 Å². The Hall–Kier alpha value is -1.85. The van der Waals surface area contributed by atoms with Crippen molar-refractivity contribution in [3.8, 4) is 0 Å². The molecule has 1 aromatic rings. The normalized spacial score (nSPS) is 25.0. The van der Waals surface area contributed by atoms with Crippen LogP contribution in [0, 0.1) is 6.92 Å². The molecule has 0 spiro atoms. The van der Waals surface area contributed by atoms with E-state index in [1.165, 1.54) is 0 Å². The van der Waals surface area contributed by atoms with E-state index in [1.54, 1.807) is 11.8 Å². The van der Waals surface area contributed by atoms with E-state index in [1.807, 2.05) is 28.9 Å². The average Bonchev–Trinajstić information content (AvgIpc) is 3.16. The van der Waals surface area contributed by atoms with Gasteiger partial charge in [0.15, 0.2) is 0 Å². The Morgan fingerprint density at radius 3 is 2.65 bits per heavy atom. The van der Waals surface area contributed by atoms with Crippen LogP contribution in [0.15, 0.2) is 12.4 Å². The topological polar surface area (TPSA) is 58.4 Å². The van der Waals surface area contributed by atoms with Gasteiger partial charge in [0, 0.05) is 26.2 Å². The summed E-state index contributed by atoms with van der Waals surface area (Å²) in [6, 6.07) is -0.0718. The first-order valence-electron chi connectivity index (χ1n) is 8.63. The molecule has 2 aliphatic rings. The van der Waals surface area contributed by atoms with Crippen molar-refractivity contribution in [1.29, 1.82) is 0 Å². The van der Waals surface area contributed by atoms with Crippen molar-refractivity contribution in [2.24, 2.45) is 0 Å². The predicted octanol–water partition coefficient (Wildman–Crippen LogP) is 1.58. The zero-order valence-electron chi connectivity index (χ0n) is 14.1. The molecule has 6 nitrogen and oxygen atoms in total. The number of carbonyl (C=O) groups is 2. The number of hydrogen-bond acceptors (Lipinski definition) is 3. The van der Waals surface area contributed by atoms with Crippen LogP contribution in [0.2, 0.25) is 0 Å². The molecule has 2 fully saturated rings. The van der Waals surface area contributed by atoms with E-state index < -0.39 is 0 Å². The summed E-state index contributed by atoms with van der Waals surface area (Å²) in [5, 5.41) is 4.36. The standard InChI is InChI=1S/C17H26N4O2/c1-13-10-18-19(11-13)12-15-6-3-4-8-21(15)17(23)16-7-5-9-20(16)14(2)22/h10-11,15-16H,3-9,12H2,1-2H3/t15-,16-/m0/s1. The van der Waals surface area contributed by atoms with E-state index >= 15 is 0 Å². The second kappa shape index (κ2) is 6.72. The fourth-order valence-corrected chi connectivity index (χ4v) is 3.85. The summed E-state index contributed by atoms with van der Waals surface area (Å²) >= 11 is 0. The maximum Gasteiger partial charge on any atom is 0.245 e. The van der Waals surface area contributed by atoms with Gasteiger partial charge in [-0.15, -0.1) is 0 Å². The van der Waals surface area contributed by atoms with Crippen LogP contribution in [0.1, 0.15) is 44.6 Å². The van der Waals surface area contributed by atoms with Crippen LogP contribution in [0.4, 0.5) is 0 Å². The Bertz CT molecular complexity index is 583. The number of piperidine rings is 1. The maximum absolute atomic E-state index is 13.0. The summed E-state index contributed by atoms with van der Waals surface area (Å²) in [5.74, 6) is 0.142. The van der Waals surface area contributed by atoms with Gasteiger partial charge in [-0.2, -0.15) is 5.10 Å². The minimum atomic E-state index is -0.257. The van der Waals surface area contributed by atoms with Gasteiger partial charge >= 0.3 is 0 Å². The van der Waals surface area contributed by atoms with Crippen molar-refractivity contribution in [1.82, 2.24) is 19.6 Å². The van der Waals surface area contributed by atoms with Crippen molar-refractivity contribution < 1.29 is 9.59 Å². The number of aromatic nitrogens is 2. The molecule has 0 aromatic carbocycles. The van der Waals surface area contributed by atoms with E-state index in [0.29, 0.717) is 6.54 Å². The maximum atomic E-state index is 13.0. The lowest BCUT2D eigenvalue weighted by molar-refractivity contribution is -0.145. The number of nitrogens with zero attached hydrogens (tertiary/aromatic N) is 4. The third kappa shape index (κ3) is 3.41. The van der Waals surface area contributed by atoms with Gasteiger partial charge in [-0.3, -0.25) is 14.3 Å². The molecule has 2 amide bonds. The zero-order chi connectivity index (χ0) is 16.4. The molecule has 0 bridgehead atoms. The third-order valence-electron chi connectivity index (χ3n) is 5.01. The lowest BCUT2D eigenvalue weighted by Crippen LogP contribution is -2.53. The average molecular weight is 318 g/mol. The molecule has 3 rings (SSSR count). The van der Waals surface area contributed by atoms with Gasteiger partial charge in [-0.05, 0) is 44.6 Å².